The fourth-order valence-corrected chi connectivity index (χ4v) is 3.47. The Morgan fingerprint density at radius 2 is 1.93 bits per heavy atom. The van der Waals surface area contributed by atoms with Crippen molar-refractivity contribution >= 4 is 18.4 Å². The van der Waals surface area contributed by atoms with Gasteiger partial charge in [-0.3, -0.25) is 14.5 Å². The number of amides is 2. The highest BCUT2D eigenvalue weighted by molar-refractivity contribution is 5.78. The summed E-state index contributed by atoms with van der Waals surface area (Å²) in [5, 5.41) is 3.66. The zero-order chi connectivity index (χ0) is 20.1. The summed E-state index contributed by atoms with van der Waals surface area (Å²) >= 11 is 0. The highest BCUT2D eigenvalue weighted by atomic mass is 16.5. The van der Waals surface area contributed by atoms with Gasteiger partial charge in [-0.25, -0.2) is 9.59 Å². The maximum Gasteiger partial charge on any atom is 0.439 e. The van der Waals surface area contributed by atoms with Crippen LogP contribution in [0.15, 0.2) is 44.8 Å². The van der Waals surface area contributed by atoms with Crippen molar-refractivity contribution < 1.29 is 9.32 Å². The first-order chi connectivity index (χ1) is 13.5. The first-order valence-corrected chi connectivity index (χ1v) is 9.34. The van der Waals surface area contributed by atoms with E-state index in [9.17, 15) is 9.59 Å². The van der Waals surface area contributed by atoms with Crippen LogP contribution in [0, 0.1) is 0 Å². The minimum atomic E-state index is -0.602. The fourth-order valence-electron chi connectivity index (χ4n) is 3.47. The number of carbonyl (C=O) groups is 1. The Balaban J connectivity index is 1.74. The van der Waals surface area contributed by atoms with Gasteiger partial charge in [-0.2, -0.15) is 0 Å². The number of aromatic amines is 1. The van der Waals surface area contributed by atoms with Gasteiger partial charge in [0.1, 0.15) is 0 Å². The molecule has 8 nitrogen and oxygen atoms in total. The SMILES string of the molecule is C=NC(=CN(C)C(=O)N(C)C1CCCCC1)c1ccc(-c2noc(=O)[nH]2)cc1. The second-order valence-electron chi connectivity index (χ2n) is 6.99. The molecule has 1 N–H and O–H groups in total. The molecule has 0 aliphatic heterocycles. The smallest absolute Gasteiger partial charge is 0.324 e. The van der Waals surface area contributed by atoms with Gasteiger partial charge < -0.3 is 9.80 Å². The highest BCUT2D eigenvalue weighted by Gasteiger charge is 2.24. The van der Waals surface area contributed by atoms with Crippen LogP contribution in [0.3, 0.4) is 0 Å². The molecular weight excluding hydrogens is 358 g/mol. The van der Waals surface area contributed by atoms with Crippen molar-refractivity contribution in [1.82, 2.24) is 19.9 Å². The monoisotopic (exact) mass is 383 g/mol. The quantitative estimate of drug-likeness (QED) is 0.801. The van der Waals surface area contributed by atoms with E-state index in [1.54, 1.807) is 30.3 Å². The Hall–Kier alpha value is -3.16. The second kappa shape index (κ2) is 8.69. The molecular formula is C20H25N5O3. The highest BCUT2D eigenvalue weighted by Crippen LogP contribution is 2.24. The zero-order valence-corrected chi connectivity index (χ0v) is 16.2. The molecule has 1 aromatic carbocycles. The van der Waals surface area contributed by atoms with E-state index in [4.69, 9.17) is 0 Å². The van der Waals surface area contributed by atoms with Crippen molar-refractivity contribution in [3.05, 3.63) is 46.6 Å². The van der Waals surface area contributed by atoms with Crippen LogP contribution < -0.4 is 5.76 Å². The normalized spacial score (nSPS) is 15.3. The second-order valence-corrected chi connectivity index (χ2v) is 6.99. The minimum absolute atomic E-state index is 0.0650. The number of carbonyl (C=O) groups excluding carboxylic acids is 1. The van der Waals surface area contributed by atoms with Gasteiger partial charge in [0.2, 0.25) is 0 Å². The number of hydrogen-bond donors (Lipinski definition) is 1. The van der Waals surface area contributed by atoms with Crippen LogP contribution in [0.25, 0.3) is 17.1 Å². The number of urea groups is 1. The van der Waals surface area contributed by atoms with Gasteiger partial charge in [-0.05, 0) is 19.6 Å². The zero-order valence-electron chi connectivity index (χ0n) is 16.2. The van der Waals surface area contributed by atoms with E-state index in [0.29, 0.717) is 23.1 Å². The molecule has 1 aliphatic carbocycles. The summed E-state index contributed by atoms with van der Waals surface area (Å²) in [6, 6.07) is 7.46. The summed E-state index contributed by atoms with van der Waals surface area (Å²) in [6.07, 6.45) is 7.38. The van der Waals surface area contributed by atoms with Crippen molar-refractivity contribution in [3.63, 3.8) is 0 Å². The Kier molecular flexibility index (Phi) is 6.08. The third-order valence-corrected chi connectivity index (χ3v) is 5.11. The van der Waals surface area contributed by atoms with Gasteiger partial charge >= 0.3 is 11.8 Å². The lowest BCUT2D eigenvalue weighted by Crippen LogP contribution is -2.43. The van der Waals surface area contributed by atoms with E-state index < -0.39 is 5.76 Å². The lowest BCUT2D eigenvalue weighted by Gasteiger charge is -2.33. The maximum absolute atomic E-state index is 12.8. The average Bonchev–Trinajstić information content (AvgIpc) is 3.17. The minimum Gasteiger partial charge on any atom is -0.324 e. The molecule has 8 heteroatoms. The number of aromatic nitrogens is 2. The summed E-state index contributed by atoms with van der Waals surface area (Å²) in [7, 11) is 3.58. The number of benzene rings is 1. The number of rotatable bonds is 5. The third-order valence-electron chi connectivity index (χ3n) is 5.11. The molecule has 0 saturated heterocycles. The molecule has 1 aromatic heterocycles. The lowest BCUT2D eigenvalue weighted by molar-refractivity contribution is 0.154. The molecule has 0 bridgehead atoms. The fraction of sp³-hybridized carbons (Fsp3) is 0.400. The number of H-pyrrole nitrogens is 1. The van der Waals surface area contributed by atoms with E-state index in [-0.39, 0.29) is 6.03 Å². The third kappa shape index (κ3) is 4.39. The summed E-state index contributed by atoms with van der Waals surface area (Å²) in [6.45, 7) is 3.62. The van der Waals surface area contributed by atoms with Crippen LogP contribution in [-0.2, 0) is 0 Å². The Morgan fingerprint density at radius 1 is 1.25 bits per heavy atom. The van der Waals surface area contributed by atoms with Gasteiger partial charge in [-0.15, -0.1) is 0 Å². The molecule has 28 heavy (non-hydrogen) atoms. The van der Waals surface area contributed by atoms with Crippen LogP contribution in [0.4, 0.5) is 4.79 Å². The van der Waals surface area contributed by atoms with Crippen LogP contribution in [0.2, 0.25) is 0 Å². The Morgan fingerprint density at radius 3 is 2.50 bits per heavy atom. The van der Waals surface area contributed by atoms with Gasteiger partial charge in [0.05, 0.1) is 5.70 Å². The average molecular weight is 383 g/mol. The largest absolute Gasteiger partial charge is 0.439 e. The van der Waals surface area contributed by atoms with E-state index in [1.807, 2.05) is 24.1 Å². The molecule has 2 amide bonds. The van der Waals surface area contributed by atoms with Crippen LogP contribution >= 0.6 is 0 Å². The van der Waals surface area contributed by atoms with Crippen LogP contribution in [0.5, 0.6) is 0 Å². The molecule has 1 fully saturated rings. The molecule has 0 unspecified atom stereocenters. The molecule has 1 aliphatic rings. The molecule has 1 heterocycles. The van der Waals surface area contributed by atoms with E-state index in [1.165, 1.54) is 19.3 Å². The summed E-state index contributed by atoms with van der Waals surface area (Å²) < 4.78 is 4.52. The van der Waals surface area contributed by atoms with Crippen LogP contribution in [-0.4, -0.2) is 52.8 Å². The number of aliphatic imine (C=N–C) groups is 1. The number of nitrogens with one attached hydrogen (secondary N) is 1. The predicted octanol–water partition coefficient (Wildman–Crippen LogP) is 3.35. The van der Waals surface area contributed by atoms with Gasteiger partial charge in [0.15, 0.2) is 5.82 Å². The predicted molar refractivity (Wildman–Crippen MR) is 108 cm³/mol. The van der Waals surface area contributed by atoms with Gasteiger partial charge in [0.25, 0.3) is 0 Å². The maximum atomic E-state index is 12.8. The van der Waals surface area contributed by atoms with Gasteiger partial charge in [-0.1, -0.05) is 48.7 Å². The van der Waals surface area contributed by atoms with Crippen molar-refractivity contribution in [1.29, 1.82) is 0 Å². The molecule has 0 radical (unpaired) electrons. The molecule has 0 spiro atoms. The van der Waals surface area contributed by atoms with Crippen molar-refractivity contribution in [2.45, 2.75) is 38.1 Å². The van der Waals surface area contributed by atoms with E-state index >= 15 is 0 Å². The molecule has 148 valence electrons. The van der Waals surface area contributed by atoms with Gasteiger partial charge in [0, 0.05) is 37.5 Å². The molecule has 0 atom stereocenters. The van der Waals surface area contributed by atoms with E-state index in [0.717, 1.165) is 18.4 Å². The van der Waals surface area contributed by atoms with Crippen LogP contribution in [0.1, 0.15) is 37.7 Å². The standard InChI is InChI=1S/C20H25N5O3/c1-21-17(13-24(2)20(27)25(3)16-7-5-4-6-8-16)14-9-11-15(12-10-14)18-22-19(26)28-23-18/h9-13,16H,1,4-8H2,2-3H3,(H,22,23,26). The molecule has 1 saturated carbocycles. The number of hydrogen-bond acceptors (Lipinski definition) is 5. The first-order valence-electron chi connectivity index (χ1n) is 9.34. The van der Waals surface area contributed by atoms with Crippen molar-refractivity contribution in [2.24, 2.45) is 4.99 Å². The Labute approximate surface area is 163 Å². The van der Waals surface area contributed by atoms with E-state index in [2.05, 4.69) is 26.4 Å². The summed E-state index contributed by atoms with van der Waals surface area (Å²) in [5.74, 6) is -0.246. The number of nitrogens with zero attached hydrogens (tertiary/aromatic N) is 4. The molecule has 3 rings (SSSR count). The van der Waals surface area contributed by atoms with Crippen molar-refractivity contribution in [2.75, 3.05) is 14.1 Å². The lowest BCUT2D eigenvalue weighted by atomic mass is 9.95. The van der Waals surface area contributed by atoms with Crippen molar-refractivity contribution in [3.8, 4) is 11.4 Å². The summed E-state index contributed by atoms with van der Waals surface area (Å²) in [5.41, 5.74) is 2.08. The Bertz CT molecular complexity index is 906. The topological polar surface area (TPSA) is 94.8 Å². The molecule has 2 aromatic rings. The first kappa shape index (κ1) is 19.6. The summed E-state index contributed by atoms with van der Waals surface area (Å²) in [4.78, 5) is 33.8.